The van der Waals surface area contributed by atoms with E-state index in [4.69, 9.17) is 10.8 Å². The van der Waals surface area contributed by atoms with Crippen molar-refractivity contribution < 1.29 is 5.11 Å². The first-order valence-electron chi connectivity index (χ1n) is 4.62. The number of aliphatic hydroxyl groups is 1. The Kier molecular flexibility index (Phi) is 2.77. The fraction of sp³-hybridized carbons (Fsp3) is 0.300. The predicted molar refractivity (Wildman–Crippen MR) is 62.4 cm³/mol. The standard InChI is InChI=1S/C10H12BrN3O/c1-14-9-3-2-6(11)4-8(9)13-10(14)7(12)5-15/h2-4,7,15H,5,12H2,1H3. The van der Waals surface area contributed by atoms with Gasteiger partial charge < -0.3 is 15.4 Å². The lowest BCUT2D eigenvalue weighted by atomic mass is 10.3. The lowest BCUT2D eigenvalue weighted by Crippen LogP contribution is -2.18. The Bertz CT molecular complexity index is 495. The molecule has 0 radical (unpaired) electrons. The number of aromatic nitrogens is 2. The normalized spacial score (nSPS) is 13.3. The second kappa shape index (κ2) is 3.92. The van der Waals surface area contributed by atoms with E-state index in [2.05, 4.69) is 20.9 Å². The lowest BCUT2D eigenvalue weighted by Gasteiger charge is -2.07. The fourth-order valence-electron chi connectivity index (χ4n) is 1.60. The number of hydrogen-bond acceptors (Lipinski definition) is 3. The van der Waals surface area contributed by atoms with E-state index in [1.807, 2.05) is 29.8 Å². The van der Waals surface area contributed by atoms with Gasteiger partial charge in [-0.05, 0) is 18.2 Å². The molecular weight excluding hydrogens is 258 g/mol. The number of nitrogens with zero attached hydrogens (tertiary/aromatic N) is 2. The van der Waals surface area contributed by atoms with Gasteiger partial charge in [-0.25, -0.2) is 4.98 Å². The average molecular weight is 270 g/mol. The van der Waals surface area contributed by atoms with Gasteiger partial charge in [0.2, 0.25) is 0 Å². The van der Waals surface area contributed by atoms with Crippen molar-refractivity contribution in [1.29, 1.82) is 0 Å². The second-order valence-corrected chi connectivity index (χ2v) is 4.37. The summed E-state index contributed by atoms with van der Waals surface area (Å²) in [4.78, 5) is 4.39. The summed E-state index contributed by atoms with van der Waals surface area (Å²) in [5, 5.41) is 9.00. The summed E-state index contributed by atoms with van der Waals surface area (Å²) in [5.74, 6) is 0.700. The number of hydrogen-bond donors (Lipinski definition) is 2. The van der Waals surface area contributed by atoms with Gasteiger partial charge in [-0.15, -0.1) is 0 Å². The molecule has 0 bridgehead atoms. The third kappa shape index (κ3) is 1.78. The fourth-order valence-corrected chi connectivity index (χ4v) is 1.95. The van der Waals surface area contributed by atoms with Crippen molar-refractivity contribution in [2.24, 2.45) is 12.8 Å². The van der Waals surface area contributed by atoms with E-state index in [0.29, 0.717) is 5.82 Å². The maximum absolute atomic E-state index is 9.00. The van der Waals surface area contributed by atoms with Crippen LogP contribution in [0.3, 0.4) is 0 Å². The summed E-state index contributed by atoms with van der Waals surface area (Å²) in [6, 6.07) is 5.43. The van der Waals surface area contributed by atoms with E-state index in [1.54, 1.807) is 0 Å². The number of benzene rings is 1. The highest BCUT2D eigenvalue weighted by Gasteiger charge is 2.13. The van der Waals surface area contributed by atoms with Gasteiger partial charge in [0.25, 0.3) is 0 Å². The molecule has 1 unspecified atom stereocenters. The topological polar surface area (TPSA) is 64.1 Å². The number of aryl methyl sites for hydroxylation is 1. The van der Waals surface area contributed by atoms with Crippen LogP contribution in [0.4, 0.5) is 0 Å². The molecule has 1 aromatic carbocycles. The minimum atomic E-state index is -0.429. The molecule has 1 heterocycles. The first kappa shape index (κ1) is 10.6. The summed E-state index contributed by atoms with van der Waals surface area (Å²) >= 11 is 3.39. The molecule has 1 atom stereocenters. The average Bonchev–Trinajstić information content (AvgIpc) is 2.54. The highest BCUT2D eigenvalue weighted by Crippen LogP contribution is 2.21. The van der Waals surface area contributed by atoms with Crippen LogP contribution in [0.2, 0.25) is 0 Å². The maximum Gasteiger partial charge on any atom is 0.128 e. The van der Waals surface area contributed by atoms with Crippen LogP contribution in [0.15, 0.2) is 22.7 Å². The van der Waals surface area contributed by atoms with Crippen LogP contribution in [0.5, 0.6) is 0 Å². The minimum absolute atomic E-state index is 0.0989. The van der Waals surface area contributed by atoms with Gasteiger partial charge in [0.1, 0.15) is 5.82 Å². The van der Waals surface area contributed by atoms with E-state index in [1.165, 1.54) is 0 Å². The highest BCUT2D eigenvalue weighted by molar-refractivity contribution is 9.10. The van der Waals surface area contributed by atoms with E-state index in [0.717, 1.165) is 15.5 Å². The zero-order chi connectivity index (χ0) is 11.0. The van der Waals surface area contributed by atoms with Crippen molar-refractivity contribution in [3.05, 3.63) is 28.5 Å². The maximum atomic E-state index is 9.00. The molecule has 0 saturated heterocycles. The second-order valence-electron chi connectivity index (χ2n) is 3.45. The quantitative estimate of drug-likeness (QED) is 0.865. The molecule has 2 rings (SSSR count). The first-order valence-corrected chi connectivity index (χ1v) is 5.41. The van der Waals surface area contributed by atoms with Crippen LogP contribution in [0.1, 0.15) is 11.9 Å². The summed E-state index contributed by atoms with van der Waals surface area (Å²) < 4.78 is 2.89. The van der Waals surface area contributed by atoms with Gasteiger partial charge in [-0.3, -0.25) is 0 Å². The van der Waals surface area contributed by atoms with Crippen LogP contribution in [0, 0.1) is 0 Å². The molecule has 0 aliphatic heterocycles. The third-order valence-corrected chi connectivity index (χ3v) is 2.90. The Morgan fingerprint density at radius 1 is 1.60 bits per heavy atom. The summed E-state index contributed by atoms with van der Waals surface area (Å²) in [6.45, 7) is -0.0989. The minimum Gasteiger partial charge on any atom is -0.394 e. The summed E-state index contributed by atoms with van der Waals surface area (Å²) in [7, 11) is 1.90. The van der Waals surface area contributed by atoms with Crippen LogP contribution in [-0.4, -0.2) is 21.3 Å². The van der Waals surface area contributed by atoms with Crippen molar-refractivity contribution in [2.75, 3.05) is 6.61 Å². The summed E-state index contributed by atoms with van der Waals surface area (Å²) in [5.41, 5.74) is 7.64. The molecule has 80 valence electrons. The van der Waals surface area contributed by atoms with Gasteiger partial charge in [0, 0.05) is 11.5 Å². The molecule has 3 N–H and O–H groups in total. The van der Waals surface area contributed by atoms with Crippen molar-refractivity contribution >= 4 is 27.0 Å². The van der Waals surface area contributed by atoms with Gasteiger partial charge in [0.15, 0.2) is 0 Å². The van der Waals surface area contributed by atoms with E-state index < -0.39 is 6.04 Å². The predicted octanol–water partition coefficient (Wildman–Crippen LogP) is 1.33. The molecule has 0 spiro atoms. The number of imidazole rings is 1. The molecule has 4 nitrogen and oxygen atoms in total. The lowest BCUT2D eigenvalue weighted by molar-refractivity contribution is 0.262. The molecule has 0 aliphatic rings. The molecule has 0 fully saturated rings. The van der Waals surface area contributed by atoms with Crippen LogP contribution in [-0.2, 0) is 7.05 Å². The summed E-state index contributed by atoms with van der Waals surface area (Å²) in [6.07, 6.45) is 0. The van der Waals surface area contributed by atoms with Crippen molar-refractivity contribution in [3.63, 3.8) is 0 Å². The van der Waals surface area contributed by atoms with Crippen LogP contribution in [0.25, 0.3) is 11.0 Å². The zero-order valence-electron chi connectivity index (χ0n) is 8.31. The number of fused-ring (bicyclic) bond motifs is 1. The Labute approximate surface area is 95.8 Å². The number of nitrogens with two attached hydrogens (primary N) is 1. The van der Waals surface area contributed by atoms with Gasteiger partial charge in [-0.1, -0.05) is 15.9 Å². The monoisotopic (exact) mass is 269 g/mol. The van der Waals surface area contributed by atoms with Crippen molar-refractivity contribution in [1.82, 2.24) is 9.55 Å². The van der Waals surface area contributed by atoms with E-state index >= 15 is 0 Å². The molecule has 0 amide bonds. The number of aliphatic hydroxyl groups excluding tert-OH is 1. The zero-order valence-corrected chi connectivity index (χ0v) is 9.90. The van der Waals surface area contributed by atoms with Gasteiger partial charge in [-0.2, -0.15) is 0 Å². The SMILES string of the molecule is Cn1c(C(N)CO)nc2cc(Br)ccc21. The van der Waals surface area contributed by atoms with Gasteiger partial charge >= 0.3 is 0 Å². The molecule has 2 aromatic rings. The molecule has 0 aliphatic carbocycles. The molecule has 0 saturated carbocycles. The first-order chi connectivity index (χ1) is 7.13. The van der Waals surface area contributed by atoms with Crippen molar-refractivity contribution in [2.45, 2.75) is 6.04 Å². The third-order valence-electron chi connectivity index (χ3n) is 2.41. The Morgan fingerprint density at radius 2 is 2.33 bits per heavy atom. The molecule has 15 heavy (non-hydrogen) atoms. The van der Waals surface area contributed by atoms with E-state index in [-0.39, 0.29) is 6.61 Å². The van der Waals surface area contributed by atoms with E-state index in [9.17, 15) is 0 Å². The molecule has 1 aromatic heterocycles. The Balaban J connectivity index is 2.63. The highest BCUT2D eigenvalue weighted by atomic mass is 79.9. The molecule has 5 heteroatoms. The largest absolute Gasteiger partial charge is 0.394 e. The van der Waals surface area contributed by atoms with Crippen LogP contribution >= 0.6 is 15.9 Å². The number of rotatable bonds is 2. The Hall–Kier alpha value is -0.910. The molecular formula is C10H12BrN3O. The number of halogens is 1. The van der Waals surface area contributed by atoms with Crippen molar-refractivity contribution in [3.8, 4) is 0 Å². The Morgan fingerprint density at radius 3 is 3.00 bits per heavy atom. The van der Waals surface area contributed by atoms with Gasteiger partial charge in [0.05, 0.1) is 23.7 Å². The van der Waals surface area contributed by atoms with Crippen LogP contribution < -0.4 is 5.73 Å². The smallest absolute Gasteiger partial charge is 0.128 e.